The smallest absolute Gasteiger partial charge is 0.256 e. The first kappa shape index (κ1) is 20.3. The van der Waals surface area contributed by atoms with Crippen LogP contribution in [0, 0.1) is 12.7 Å². The van der Waals surface area contributed by atoms with Gasteiger partial charge in [0.2, 0.25) is 10.0 Å². The molecule has 0 aromatic heterocycles. The molecule has 2 rings (SSSR count). The van der Waals surface area contributed by atoms with Gasteiger partial charge in [0.1, 0.15) is 5.82 Å². The molecule has 0 aliphatic rings. The van der Waals surface area contributed by atoms with Gasteiger partial charge in [-0.1, -0.05) is 17.7 Å². The summed E-state index contributed by atoms with van der Waals surface area (Å²) in [5, 5.41) is 2.62. The molecular weight excluding hydrogens is 383 g/mol. The molecule has 9 heteroatoms. The Bertz CT molecular complexity index is 919. The summed E-state index contributed by atoms with van der Waals surface area (Å²) < 4.78 is 45.6. The Morgan fingerprint density at radius 1 is 1.23 bits per heavy atom. The third kappa shape index (κ3) is 5.01. The summed E-state index contributed by atoms with van der Waals surface area (Å²) in [5.74, 6) is -1.31. The SMILES string of the molecule is COCCNS(=O)(=O)c1ccc(C)c(C(=O)Nc2ccc(Cl)cc2F)c1. The average Bonchev–Trinajstić information content (AvgIpc) is 2.57. The number of sulfonamides is 1. The standard InChI is InChI=1S/C17H18ClFN2O4S/c1-11-3-5-13(26(23,24)20-7-8-25-2)10-14(11)17(22)21-16-6-4-12(18)9-15(16)19/h3-6,9-10,20H,7-8H2,1-2H3,(H,21,22). The molecule has 0 radical (unpaired) electrons. The molecule has 140 valence electrons. The second kappa shape index (κ2) is 8.59. The molecule has 0 saturated heterocycles. The summed E-state index contributed by atoms with van der Waals surface area (Å²) in [4.78, 5) is 12.4. The molecule has 0 aliphatic carbocycles. The van der Waals surface area contributed by atoms with Gasteiger partial charge in [0.15, 0.2) is 0 Å². The predicted octanol–water partition coefficient (Wildman–Crippen LogP) is 2.96. The molecule has 2 N–H and O–H groups in total. The second-order valence-corrected chi connectivity index (χ2v) is 7.65. The van der Waals surface area contributed by atoms with E-state index in [1.54, 1.807) is 6.92 Å². The molecular formula is C17H18ClFN2O4S. The van der Waals surface area contributed by atoms with E-state index in [4.69, 9.17) is 16.3 Å². The number of carbonyl (C=O) groups is 1. The number of halogens is 2. The van der Waals surface area contributed by atoms with Gasteiger partial charge < -0.3 is 10.1 Å². The number of carbonyl (C=O) groups excluding carboxylic acids is 1. The normalized spacial score (nSPS) is 11.4. The summed E-state index contributed by atoms with van der Waals surface area (Å²) in [6.07, 6.45) is 0. The van der Waals surface area contributed by atoms with Crippen LogP contribution >= 0.6 is 11.6 Å². The van der Waals surface area contributed by atoms with E-state index in [-0.39, 0.29) is 34.3 Å². The topological polar surface area (TPSA) is 84.5 Å². The number of rotatable bonds is 7. The van der Waals surface area contributed by atoms with Crippen molar-refractivity contribution in [2.75, 3.05) is 25.6 Å². The highest BCUT2D eigenvalue weighted by Crippen LogP contribution is 2.21. The Balaban J connectivity index is 2.27. The number of hydrogen-bond donors (Lipinski definition) is 2. The van der Waals surface area contributed by atoms with Crippen molar-refractivity contribution in [2.45, 2.75) is 11.8 Å². The number of nitrogens with one attached hydrogen (secondary N) is 2. The lowest BCUT2D eigenvalue weighted by Crippen LogP contribution is -2.27. The Morgan fingerprint density at radius 2 is 1.96 bits per heavy atom. The van der Waals surface area contributed by atoms with Crippen molar-refractivity contribution in [1.82, 2.24) is 4.72 Å². The van der Waals surface area contributed by atoms with Gasteiger partial charge in [-0.3, -0.25) is 4.79 Å². The van der Waals surface area contributed by atoms with E-state index >= 15 is 0 Å². The number of hydrogen-bond acceptors (Lipinski definition) is 4. The molecule has 0 atom stereocenters. The summed E-state index contributed by atoms with van der Waals surface area (Å²) >= 11 is 5.68. The summed E-state index contributed by atoms with van der Waals surface area (Å²) in [7, 11) is -2.34. The number of anilines is 1. The van der Waals surface area contributed by atoms with E-state index in [1.165, 1.54) is 37.4 Å². The van der Waals surface area contributed by atoms with E-state index < -0.39 is 21.7 Å². The van der Waals surface area contributed by atoms with Crippen LogP contribution < -0.4 is 10.0 Å². The molecule has 0 heterocycles. The zero-order valence-corrected chi connectivity index (χ0v) is 15.7. The summed E-state index contributed by atoms with van der Waals surface area (Å²) in [6.45, 7) is 1.97. The Morgan fingerprint density at radius 3 is 2.62 bits per heavy atom. The van der Waals surface area contributed by atoms with Crippen LogP contribution in [0.1, 0.15) is 15.9 Å². The third-order valence-electron chi connectivity index (χ3n) is 3.54. The molecule has 0 unspecified atom stereocenters. The van der Waals surface area contributed by atoms with Crippen LogP contribution in [-0.2, 0) is 14.8 Å². The fourth-order valence-corrected chi connectivity index (χ4v) is 3.35. The van der Waals surface area contributed by atoms with E-state index in [0.29, 0.717) is 5.56 Å². The van der Waals surface area contributed by atoms with Gasteiger partial charge in [0.25, 0.3) is 5.91 Å². The van der Waals surface area contributed by atoms with Gasteiger partial charge in [0.05, 0.1) is 17.2 Å². The minimum Gasteiger partial charge on any atom is -0.383 e. The molecule has 0 aliphatic heterocycles. The molecule has 6 nitrogen and oxygen atoms in total. The first-order valence-corrected chi connectivity index (χ1v) is 9.46. The largest absolute Gasteiger partial charge is 0.383 e. The number of methoxy groups -OCH3 is 1. The number of ether oxygens (including phenoxy) is 1. The molecule has 0 saturated carbocycles. The number of aryl methyl sites for hydroxylation is 1. The minimum absolute atomic E-state index is 0.0507. The fraction of sp³-hybridized carbons (Fsp3) is 0.235. The van der Waals surface area contributed by atoms with E-state index in [1.807, 2.05) is 0 Å². The summed E-state index contributed by atoms with van der Waals surface area (Å²) in [5.41, 5.74) is 0.618. The minimum atomic E-state index is -3.79. The zero-order chi connectivity index (χ0) is 19.3. The van der Waals surface area contributed by atoms with Crippen LogP contribution in [0.2, 0.25) is 5.02 Å². The van der Waals surface area contributed by atoms with E-state index in [0.717, 1.165) is 6.07 Å². The van der Waals surface area contributed by atoms with Gasteiger partial charge in [-0.2, -0.15) is 0 Å². The molecule has 2 aromatic rings. The van der Waals surface area contributed by atoms with E-state index in [9.17, 15) is 17.6 Å². The molecule has 0 fully saturated rings. The lowest BCUT2D eigenvalue weighted by atomic mass is 10.1. The van der Waals surface area contributed by atoms with Crippen LogP contribution in [0.5, 0.6) is 0 Å². The van der Waals surface area contributed by atoms with Crippen molar-refractivity contribution in [3.8, 4) is 0 Å². The van der Waals surface area contributed by atoms with Crippen molar-refractivity contribution >= 4 is 33.2 Å². The average molecular weight is 401 g/mol. The van der Waals surface area contributed by atoms with Crippen LogP contribution in [0.25, 0.3) is 0 Å². The van der Waals surface area contributed by atoms with Gasteiger partial charge in [-0.15, -0.1) is 0 Å². The quantitative estimate of drug-likeness (QED) is 0.700. The maximum Gasteiger partial charge on any atom is 0.256 e. The number of benzene rings is 2. The number of amides is 1. The van der Waals surface area contributed by atoms with Gasteiger partial charge >= 0.3 is 0 Å². The Labute approximate surface area is 156 Å². The van der Waals surface area contributed by atoms with Crippen molar-refractivity contribution in [1.29, 1.82) is 0 Å². The lowest BCUT2D eigenvalue weighted by Gasteiger charge is -2.11. The predicted molar refractivity (Wildman–Crippen MR) is 97.6 cm³/mol. The highest BCUT2D eigenvalue weighted by atomic mass is 35.5. The van der Waals surface area contributed by atoms with Crippen LogP contribution in [0.3, 0.4) is 0 Å². The maximum absolute atomic E-state index is 13.9. The van der Waals surface area contributed by atoms with Gasteiger partial charge in [-0.05, 0) is 42.8 Å². The van der Waals surface area contributed by atoms with Crippen molar-refractivity contribution in [3.05, 3.63) is 58.4 Å². The molecule has 1 amide bonds. The highest BCUT2D eigenvalue weighted by Gasteiger charge is 2.18. The zero-order valence-electron chi connectivity index (χ0n) is 14.2. The molecule has 2 aromatic carbocycles. The maximum atomic E-state index is 13.9. The second-order valence-electron chi connectivity index (χ2n) is 5.45. The van der Waals surface area contributed by atoms with Gasteiger partial charge in [0, 0.05) is 24.2 Å². The van der Waals surface area contributed by atoms with Gasteiger partial charge in [-0.25, -0.2) is 17.5 Å². The molecule has 26 heavy (non-hydrogen) atoms. The lowest BCUT2D eigenvalue weighted by molar-refractivity contribution is 0.102. The monoisotopic (exact) mass is 400 g/mol. The first-order valence-electron chi connectivity index (χ1n) is 7.60. The van der Waals surface area contributed by atoms with Crippen molar-refractivity contribution < 1.29 is 22.3 Å². The Kier molecular flexibility index (Phi) is 6.71. The van der Waals surface area contributed by atoms with Crippen LogP contribution in [0.4, 0.5) is 10.1 Å². The van der Waals surface area contributed by atoms with Crippen molar-refractivity contribution in [3.63, 3.8) is 0 Å². The highest BCUT2D eigenvalue weighted by molar-refractivity contribution is 7.89. The molecule has 0 bridgehead atoms. The van der Waals surface area contributed by atoms with Crippen molar-refractivity contribution in [2.24, 2.45) is 0 Å². The van der Waals surface area contributed by atoms with Crippen LogP contribution in [-0.4, -0.2) is 34.6 Å². The summed E-state index contributed by atoms with van der Waals surface area (Å²) in [6, 6.07) is 7.99. The van der Waals surface area contributed by atoms with E-state index in [2.05, 4.69) is 10.0 Å². The first-order chi connectivity index (χ1) is 12.2. The Hall–Kier alpha value is -2.00. The van der Waals surface area contributed by atoms with Crippen LogP contribution in [0.15, 0.2) is 41.3 Å². The fourth-order valence-electron chi connectivity index (χ4n) is 2.15. The third-order valence-corrected chi connectivity index (χ3v) is 5.24. The molecule has 0 spiro atoms.